The molecule has 3 rings (SSSR count). The average Bonchev–Trinajstić information content (AvgIpc) is 2.89. The average molecular weight is 572 g/mol. The first kappa shape index (κ1) is 27.1. The molecule has 1 amide bonds. The highest BCUT2D eigenvalue weighted by molar-refractivity contribution is 9.10. The van der Waals surface area contributed by atoms with Gasteiger partial charge in [0.1, 0.15) is 6.61 Å². The number of hydrogen-bond acceptors (Lipinski definition) is 6. The maximum Gasteiger partial charge on any atom is 0.255 e. The molecule has 0 aromatic heterocycles. The minimum Gasteiger partial charge on any atom is -0.493 e. The lowest BCUT2D eigenvalue weighted by molar-refractivity contribution is -0.121. The van der Waals surface area contributed by atoms with Gasteiger partial charge in [0.05, 0.1) is 24.8 Å². The largest absolute Gasteiger partial charge is 0.493 e. The van der Waals surface area contributed by atoms with Gasteiger partial charge in [0.25, 0.3) is 5.91 Å². The highest BCUT2D eigenvalue weighted by Gasteiger charge is 2.26. The third-order valence-electron chi connectivity index (χ3n) is 4.92. The molecule has 0 aliphatic heterocycles. The van der Waals surface area contributed by atoms with E-state index in [-0.39, 0.29) is 11.4 Å². The number of hydrazone groups is 1. The van der Waals surface area contributed by atoms with Crippen LogP contribution in [0.1, 0.15) is 11.1 Å². The number of halogens is 1. The zero-order valence-electron chi connectivity index (χ0n) is 19.6. The van der Waals surface area contributed by atoms with Crippen molar-refractivity contribution in [2.45, 2.75) is 11.4 Å². The second-order valence-electron chi connectivity index (χ2n) is 7.52. The van der Waals surface area contributed by atoms with E-state index in [1.54, 1.807) is 54.6 Å². The van der Waals surface area contributed by atoms with Crippen molar-refractivity contribution in [2.24, 2.45) is 5.10 Å². The number of carbonyl (C=O) groups is 1. The van der Waals surface area contributed by atoms with Crippen molar-refractivity contribution in [1.29, 1.82) is 0 Å². The number of amides is 1. The van der Waals surface area contributed by atoms with Gasteiger partial charge < -0.3 is 9.47 Å². The lowest BCUT2D eigenvalue weighted by atomic mass is 10.2. The van der Waals surface area contributed by atoms with Crippen molar-refractivity contribution < 1.29 is 22.7 Å². The van der Waals surface area contributed by atoms with E-state index in [9.17, 15) is 13.2 Å². The Kier molecular flexibility index (Phi) is 9.80. The number of nitrogens with zero attached hydrogens (tertiary/aromatic N) is 2. The molecule has 0 unspecified atom stereocenters. The van der Waals surface area contributed by atoms with Crippen LogP contribution in [0.3, 0.4) is 0 Å². The van der Waals surface area contributed by atoms with Crippen LogP contribution in [-0.2, 0) is 21.4 Å². The minimum atomic E-state index is -3.93. The van der Waals surface area contributed by atoms with Crippen LogP contribution in [-0.4, -0.2) is 45.1 Å². The number of ether oxygens (including phenoxy) is 2. The van der Waals surface area contributed by atoms with Gasteiger partial charge in [-0.1, -0.05) is 58.9 Å². The van der Waals surface area contributed by atoms with E-state index < -0.39 is 22.5 Å². The zero-order valence-corrected chi connectivity index (χ0v) is 22.0. The van der Waals surface area contributed by atoms with E-state index in [0.29, 0.717) is 23.7 Å². The van der Waals surface area contributed by atoms with Crippen molar-refractivity contribution in [2.75, 3.05) is 20.3 Å². The summed E-state index contributed by atoms with van der Waals surface area (Å²) in [6, 6.07) is 20.4. The molecular weight excluding hydrogens is 546 g/mol. The van der Waals surface area contributed by atoms with Crippen LogP contribution in [0, 0.1) is 0 Å². The van der Waals surface area contributed by atoms with Crippen LogP contribution in [0.4, 0.5) is 0 Å². The van der Waals surface area contributed by atoms with Gasteiger partial charge >= 0.3 is 0 Å². The number of nitrogens with one attached hydrogen (secondary N) is 1. The van der Waals surface area contributed by atoms with E-state index in [1.807, 2.05) is 12.1 Å². The summed E-state index contributed by atoms with van der Waals surface area (Å²) < 4.78 is 39.4. The zero-order chi connectivity index (χ0) is 26.0. The lowest BCUT2D eigenvalue weighted by Gasteiger charge is -2.21. The summed E-state index contributed by atoms with van der Waals surface area (Å²) in [4.78, 5) is 12.8. The fraction of sp³-hybridized carbons (Fsp3) is 0.154. The Morgan fingerprint density at radius 2 is 1.81 bits per heavy atom. The third-order valence-corrected chi connectivity index (χ3v) is 7.25. The van der Waals surface area contributed by atoms with Gasteiger partial charge in [-0.25, -0.2) is 13.8 Å². The molecule has 0 aliphatic rings. The number of sulfonamides is 1. The molecule has 0 atom stereocenters. The fourth-order valence-corrected chi connectivity index (χ4v) is 4.84. The van der Waals surface area contributed by atoms with Crippen molar-refractivity contribution in [3.05, 3.63) is 101 Å². The van der Waals surface area contributed by atoms with E-state index in [2.05, 4.69) is 33.0 Å². The van der Waals surface area contributed by atoms with E-state index in [0.717, 1.165) is 14.3 Å². The third kappa shape index (κ3) is 7.51. The Morgan fingerprint density at radius 3 is 2.47 bits per heavy atom. The summed E-state index contributed by atoms with van der Waals surface area (Å²) in [6.07, 6.45) is 3.06. The second-order valence-corrected chi connectivity index (χ2v) is 10.4. The van der Waals surface area contributed by atoms with Gasteiger partial charge in [0, 0.05) is 11.0 Å². The Labute approximate surface area is 219 Å². The monoisotopic (exact) mass is 571 g/mol. The maximum absolute atomic E-state index is 13.3. The van der Waals surface area contributed by atoms with Crippen molar-refractivity contribution in [1.82, 2.24) is 9.73 Å². The molecule has 0 saturated carbocycles. The summed E-state index contributed by atoms with van der Waals surface area (Å²) in [6.45, 7) is 3.56. The number of carbonyl (C=O) groups excluding carboxylic acids is 1. The maximum atomic E-state index is 13.3. The summed E-state index contributed by atoms with van der Waals surface area (Å²) in [5, 5.41) is 3.97. The van der Waals surface area contributed by atoms with Crippen LogP contribution in [0.25, 0.3) is 0 Å². The van der Waals surface area contributed by atoms with Gasteiger partial charge in [-0.05, 0) is 53.6 Å². The van der Waals surface area contributed by atoms with Crippen LogP contribution < -0.4 is 14.9 Å². The normalized spacial score (nSPS) is 11.4. The standard InChI is InChI=1S/C26H26BrN3O5S/c1-3-15-35-24-14-11-21(16-25(24)34-2)17-28-29-26(31)19-30(18-20-9-12-22(27)13-10-20)36(32,33)23-7-5-4-6-8-23/h3-14,16-17H,1,15,18-19H2,2H3,(H,29,31)/b28-17-. The highest BCUT2D eigenvalue weighted by Crippen LogP contribution is 2.27. The number of benzene rings is 3. The number of hydrogen-bond donors (Lipinski definition) is 1. The van der Waals surface area contributed by atoms with Crippen LogP contribution in [0.2, 0.25) is 0 Å². The Balaban J connectivity index is 1.73. The van der Waals surface area contributed by atoms with Crippen LogP contribution in [0.5, 0.6) is 11.5 Å². The lowest BCUT2D eigenvalue weighted by Crippen LogP contribution is -2.39. The minimum absolute atomic E-state index is 0.0189. The van der Waals surface area contributed by atoms with Gasteiger partial charge in [0.2, 0.25) is 10.0 Å². The Hall–Kier alpha value is -3.47. The summed E-state index contributed by atoms with van der Waals surface area (Å²) in [7, 11) is -2.41. The van der Waals surface area contributed by atoms with E-state index >= 15 is 0 Å². The molecule has 8 nitrogen and oxygen atoms in total. The molecule has 3 aromatic carbocycles. The summed E-state index contributed by atoms with van der Waals surface area (Å²) >= 11 is 3.37. The summed E-state index contributed by atoms with van der Waals surface area (Å²) in [5.41, 5.74) is 3.79. The molecule has 0 heterocycles. The Bertz CT molecular complexity index is 1310. The predicted molar refractivity (Wildman–Crippen MR) is 143 cm³/mol. The molecule has 0 radical (unpaired) electrons. The molecule has 0 spiro atoms. The van der Waals surface area contributed by atoms with E-state index in [1.165, 1.54) is 25.5 Å². The molecule has 0 saturated heterocycles. The first-order valence-corrected chi connectivity index (χ1v) is 13.1. The van der Waals surface area contributed by atoms with Crippen LogP contribution in [0.15, 0.2) is 99.9 Å². The number of methoxy groups -OCH3 is 1. The van der Waals surface area contributed by atoms with Crippen molar-refractivity contribution >= 4 is 38.1 Å². The first-order chi connectivity index (χ1) is 17.3. The van der Waals surface area contributed by atoms with Crippen molar-refractivity contribution in [3.8, 4) is 11.5 Å². The first-order valence-electron chi connectivity index (χ1n) is 10.9. The quantitative estimate of drug-likeness (QED) is 0.198. The molecule has 188 valence electrons. The Morgan fingerprint density at radius 1 is 1.08 bits per heavy atom. The fourth-order valence-electron chi connectivity index (χ4n) is 3.17. The predicted octanol–water partition coefficient (Wildman–Crippen LogP) is 4.36. The van der Waals surface area contributed by atoms with E-state index in [4.69, 9.17) is 9.47 Å². The smallest absolute Gasteiger partial charge is 0.255 e. The molecule has 0 aliphatic carbocycles. The molecule has 3 aromatic rings. The molecule has 36 heavy (non-hydrogen) atoms. The molecular formula is C26H26BrN3O5S. The van der Waals surface area contributed by atoms with Gasteiger partial charge in [0.15, 0.2) is 11.5 Å². The van der Waals surface area contributed by atoms with Crippen LogP contribution >= 0.6 is 15.9 Å². The molecule has 0 bridgehead atoms. The molecule has 1 N–H and O–H groups in total. The topological polar surface area (TPSA) is 97.3 Å². The summed E-state index contributed by atoms with van der Waals surface area (Å²) in [5.74, 6) is 0.468. The number of rotatable bonds is 12. The van der Waals surface area contributed by atoms with Crippen molar-refractivity contribution in [3.63, 3.8) is 0 Å². The molecule has 0 fully saturated rings. The highest BCUT2D eigenvalue weighted by atomic mass is 79.9. The molecule has 10 heteroatoms. The SMILES string of the molecule is C=CCOc1ccc(/C=N\NC(=O)CN(Cc2ccc(Br)cc2)S(=O)(=O)c2ccccc2)cc1OC. The van der Waals surface area contributed by atoms with Gasteiger partial charge in [-0.2, -0.15) is 9.41 Å². The second kappa shape index (κ2) is 13.0. The van der Waals surface area contributed by atoms with Gasteiger partial charge in [-0.3, -0.25) is 4.79 Å². The van der Waals surface area contributed by atoms with Gasteiger partial charge in [-0.15, -0.1) is 0 Å².